The lowest BCUT2D eigenvalue weighted by molar-refractivity contribution is 0.533. The monoisotopic (exact) mass is 291 g/mol. The van der Waals surface area contributed by atoms with Gasteiger partial charge in [-0.3, -0.25) is 0 Å². The molecule has 3 heteroatoms. The maximum Gasteiger partial charge on any atom is 0.128 e. The molecule has 0 aliphatic heterocycles. The van der Waals surface area contributed by atoms with Gasteiger partial charge in [0.05, 0.1) is 0 Å². The van der Waals surface area contributed by atoms with Crippen LogP contribution in [-0.2, 0) is 6.54 Å². The van der Waals surface area contributed by atoms with Crippen molar-refractivity contribution in [2.45, 2.75) is 54.0 Å². The summed E-state index contributed by atoms with van der Waals surface area (Å²) in [6, 6.07) is 4.37. The Balaban J connectivity index is 2.66. The van der Waals surface area contributed by atoms with Gasteiger partial charge < -0.3 is 10.2 Å². The largest absolute Gasteiger partial charge is 0.357 e. The van der Waals surface area contributed by atoms with Crippen LogP contribution in [0.3, 0.4) is 0 Å². The van der Waals surface area contributed by atoms with Crippen molar-refractivity contribution in [2.24, 2.45) is 11.8 Å². The van der Waals surface area contributed by atoms with Crippen molar-refractivity contribution < 1.29 is 0 Å². The van der Waals surface area contributed by atoms with E-state index in [0.717, 1.165) is 43.8 Å². The minimum absolute atomic E-state index is 0.736. The summed E-state index contributed by atoms with van der Waals surface area (Å²) in [5.41, 5.74) is 1.26. The number of anilines is 1. The summed E-state index contributed by atoms with van der Waals surface area (Å²) < 4.78 is 0. The van der Waals surface area contributed by atoms with Crippen molar-refractivity contribution in [2.75, 3.05) is 24.5 Å². The highest BCUT2D eigenvalue weighted by atomic mass is 15.2. The van der Waals surface area contributed by atoms with Crippen molar-refractivity contribution in [3.63, 3.8) is 0 Å². The predicted molar refractivity (Wildman–Crippen MR) is 92.7 cm³/mol. The predicted octanol–water partition coefficient (Wildman–Crippen LogP) is 4.09. The van der Waals surface area contributed by atoms with Gasteiger partial charge in [0, 0.05) is 25.8 Å². The minimum Gasteiger partial charge on any atom is -0.357 e. The average Bonchev–Trinajstić information content (AvgIpc) is 2.45. The van der Waals surface area contributed by atoms with Gasteiger partial charge in [-0.15, -0.1) is 0 Å². The lowest BCUT2D eigenvalue weighted by Gasteiger charge is -2.25. The molecule has 0 saturated heterocycles. The SMILES string of the molecule is CCNCc1ccc(N(CCC(C)C)CCC(C)C)nc1. The van der Waals surface area contributed by atoms with Crippen molar-refractivity contribution >= 4 is 5.82 Å². The molecule has 0 aliphatic rings. The Morgan fingerprint density at radius 3 is 2.10 bits per heavy atom. The molecule has 0 radical (unpaired) electrons. The van der Waals surface area contributed by atoms with Gasteiger partial charge in [0.2, 0.25) is 0 Å². The molecule has 1 rings (SSSR count). The average molecular weight is 291 g/mol. The Morgan fingerprint density at radius 2 is 1.67 bits per heavy atom. The Hall–Kier alpha value is -1.09. The third-order valence-corrected chi connectivity index (χ3v) is 3.66. The molecule has 1 heterocycles. The van der Waals surface area contributed by atoms with Gasteiger partial charge in [0.15, 0.2) is 0 Å². The number of nitrogens with one attached hydrogen (secondary N) is 1. The van der Waals surface area contributed by atoms with Gasteiger partial charge >= 0.3 is 0 Å². The first-order valence-electron chi connectivity index (χ1n) is 8.43. The van der Waals surface area contributed by atoms with Crippen molar-refractivity contribution in [3.05, 3.63) is 23.9 Å². The summed E-state index contributed by atoms with van der Waals surface area (Å²) in [6.07, 6.45) is 4.45. The molecule has 0 unspecified atom stereocenters. The van der Waals surface area contributed by atoms with E-state index in [0.29, 0.717) is 0 Å². The van der Waals surface area contributed by atoms with E-state index in [9.17, 15) is 0 Å². The Bertz CT molecular complexity index is 359. The lowest BCUT2D eigenvalue weighted by Crippen LogP contribution is -2.28. The van der Waals surface area contributed by atoms with Gasteiger partial charge in [-0.25, -0.2) is 4.98 Å². The first kappa shape index (κ1) is 18.0. The molecular formula is C18H33N3. The highest BCUT2D eigenvalue weighted by molar-refractivity contribution is 5.39. The highest BCUT2D eigenvalue weighted by Gasteiger charge is 2.09. The minimum atomic E-state index is 0.736. The van der Waals surface area contributed by atoms with Crippen LogP contribution >= 0.6 is 0 Å². The van der Waals surface area contributed by atoms with Crippen LogP contribution < -0.4 is 10.2 Å². The fourth-order valence-corrected chi connectivity index (χ4v) is 2.15. The maximum absolute atomic E-state index is 4.67. The molecule has 0 aliphatic carbocycles. The van der Waals surface area contributed by atoms with Gasteiger partial charge in [0.25, 0.3) is 0 Å². The fraction of sp³-hybridized carbons (Fsp3) is 0.722. The summed E-state index contributed by atoms with van der Waals surface area (Å²) in [5.74, 6) is 2.59. The molecule has 0 spiro atoms. The molecule has 1 N–H and O–H groups in total. The smallest absolute Gasteiger partial charge is 0.128 e. The summed E-state index contributed by atoms with van der Waals surface area (Å²) >= 11 is 0. The van der Waals surface area contributed by atoms with Crippen LogP contribution in [0.25, 0.3) is 0 Å². The van der Waals surface area contributed by atoms with E-state index in [1.165, 1.54) is 18.4 Å². The molecule has 120 valence electrons. The molecule has 3 nitrogen and oxygen atoms in total. The molecule has 0 amide bonds. The second-order valence-electron chi connectivity index (χ2n) is 6.66. The normalized spacial score (nSPS) is 11.4. The number of hydrogen-bond acceptors (Lipinski definition) is 3. The van der Waals surface area contributed by atoms with Crippen LogP contribution in [0.5, 0.6) is 0 Å². The van der Waals surface area contributed by atoms with Gasteiger partial charge in [-0.2, -0.15) is 0 Å². The molecule has 0 saturated carbocycles. The second kappa shape index (κ2) is 9.78. The highest BCUT2D eigenvalue weighted by Crippen LogP contribution is 2.15. The van der Waals surface area contributed by atoms with Crippen LogP contribution in [0.1, 0.15) is 53.0 Å². The zero-order valence-corrected chi connectivity index (χ0v) is 14.5. The zero-order chi connectivity index (χ0) is 15.7. The van der Waals surface area contributed by atoms with Crippen LogP contribution in [-0.4, -0.2) is 24.6 Å². The van der Waals surface area contributed by atoms with Crippen molar-refractivity contribution in [1.82, 2.24) is 10.3 Å². The van der Waals surface area contributed by atoms with Gasteiger partial charge in [-0.1, -0.05) is 40.7 Å². The molecule has 0 fully saturated rings. The second-order valence-corrected chi connectivity index (χ2v) is 6.66. The van der Waals surface area contributed by atoms with Crippen LogP contribution in [0.2, 0.25) is 0 Å². The van der Waals surface area contributed by atoms with Crippen LogP contribution in [0.4, 0.5) is 5.82 Å². The third-order valence-electron chi connectivity index (χ3n) is 3.66. The molecule has 0 atom stereocenters. The Morgan fingerprint density at radius 1 is 1.05 bits per heavy atom. The number of aromatic nitrogens is 1. The Labute approximate surface area is 131 Å². The fourth-order valence-electron chi connectivity index (χ4n) is 2.15. The van der Waals surface area contributed by atoms with E-state index < -0.39 is 0 Å². The first-order valence-corrected chi connectivity index (χ1v) is 8.43. The molecule has 21 heavy (non-hydrogen) atoms. The summed E-state index contributed by atoms with van der Waals surface area (Å²) in [7, 11) is 0. The van der Waals surface area contributed by atoms with Crippen molar-refractivity contribution in [3.8, 4) is 0 Å². The van der Waals surface area contributed by atoms with Crippen LogP contribution in [0, 0.1) is 11.8 Å². The first-order chi connectivity index (χ1) is 10.0. The van der Waals surface area contributed by atoms with E-state index in [1.54, 1.807) is 0 Å². The van der Waals surface area contributed by atoms with E-state index in [1.807, 2.05) is 6.20 Å². The van der Waals surface area contributed by atoms with Crippen molar-refractivity contribution in [1.29, 1.82) is 0 Å². The quantitative estimate of drug-likeness (QED) is 0.704. The number of hydrogen-bond donors (Lipinski definition) is 1. The number of pyridine rings is 1. The molecule has 0 aromatic carbocycles. The van der Waals surface area contributed by atoms with Gasteiger partial charge in [-0.05, 0) is 42.9 Å². The van der Waals surface area contributed by atoms with E-state index in [2.05, 4.69) is 62.0 Å². The Kier molecular flexibility index (Phi) is 8.36. The van der Waals surface area contributed by atoms with Crippen LogP contribution in [0.15, 0.2) is 18.3 Å². The summed E-state index contributed by atoms with van der Waals surface area (Å²) in [4.78, 5) is 7.12. The zero-order valence-electron chi connectivity index (χ0n) is 14.5. The number of rotatable bonds is 10. The van der Waals surface area contributed by atoms with Gasteiger partial charge in [0.1, 0.15) is 5.82 Å². The van der Waals surface area contributed by atoms with E-state index >= 15 is 0 Å². The topological polar surface area (TPSA) is 28.2 Å². The van der Waals surface area contributed by atoms with E-state index in [-0.39, 0.29) is 0 Å². The van der Waals surface area contributed by atoms with E-state index in [4.69, 9.17) is 0 Å². The molecule has 1 aromatic rings. The molecule has 1 aromatic heterocycles. The lowest BCUT2D eigenvalue weighted by atomic mass is 10.1. The standard InChI is InChI=1S/C18H33N3/c1-6-19-13-17-7-8-18(20-14-17)21(11-9-15(2)3)12-10-16(4)5/h7-8,14-16,19H,6,9-13H2,1-5H3. The number of nitrogens with zero attached hydrogens (tertiary/aromatic N) is 2. The summed E-state index contributed by atoms with van der Waals surface area (Å²) in [6.45, 7) is 15.4. The summed E-state index contributed by atoms with van der Waals surface area (Å²) in [5, 5.41) is 3.34. The third kappa shape index (κ3) is 7.47. The molecular weight excluding hydrogens is 258 g/mol. The maximum atomic E-state index is 4.67. The molecule has 0 bridgehead atoms.